The molecule has 0 bridgehead atoms. The molecule has 4 nitrogen and oxygen atoms in total. The van der Waals surface area contributed by atoms with Gasteiger partial charge in [-0.25, -0.2) is 0 Å². The molecule has 0 aliphatic heterocycles. The van der Waals surface area contributed by atoms with Crippen LogP contribution < -0.4 is 5.11 Å². The Bertz CT molecular complexity index is 1080. The second-order valence-corrected chi connectivity index (χ2v) is 15.7. The topological polar surface area (TPSA) is 80.6 Å². The minimum Gasteiger partial charge on any atom is -0.549 e. The van der Waals surface area contributed by atoms with Crippen molar-refractivity contribution >= 4 is 17.7 Å². The van der Waals surface area contributed by atoms with Crippen LogP contribution in [-0.4, -0.2) is 16.2 Å². The zero-order valence-corrected chi connectivity index (χ0v) is 27.8. The molecule has 0 aliphatic carbocycles. The van der Waals surface area contributed by atoms with E-state index >= 15 is 0 Å². The molecule has 0 radical (unpaired) electrons. The Morgan fingerprint density at radius 1 is 0.625 bits per heavy atom. The highest BCUT2D eigenvalue weighted by molar-refractivity contribution is 8.04. The summed E-state index contributed by atoms with van der Waals surface area (Å²) in [7, 11) is 0. The molecule has 0 aromatic heterocycles. The Balaban J connectivity index is 0.00000146. The van der Waals surface area contributed by atoms with E-state index in [4.69, 9.17) is 0 Å². The standard InChI is InChI=1S/C31H46O4.C4H6S/c1-27(2,3)20-14-18(15-21(24(20)32)28(4,5)6)31(13,26(34)35)19-16-22(29(7,8)9)25(33)23(17-19)30(10,11)12;1-3-5-4-2/h14-17,32-33H,1-13H3,(H,34,35);3-4H,1-2H2/p-1. The molecule has 2 N–H and O–H groups in total. The van der Waals surface area contributed by atoms with Gasteiger partial charge in [0.2, 0.25) is 0 Å². The third kappa shape index (κ3) is 7.75. The first-order valence-corrected chi connectivity index (χ1v) is 14.6. The molecule has 0 atom stereocenters. The van der Waals surface area contributed by atoms with Crippen molar-refractivity contribution in [1.82, 2.24) is 0 Å². The van der Waals surface area contributed by atoms with E-state index in [0.29, 0.717) is 33.4 Å². The van der Waals surface area contributed by atoms with Crippen LogP contribution in [0.2, 0.25) is 0 Å². The highest BCUT2D eigenvalue weighted by atomic mass is 32.2. The smallest absolute Gasteiger partial charge is 0.123 e. The van der Waals surface area contributed by atoms with E-state index in [0.717, 1.165) is 0 Å². The Hall–Kier alpha value is -2.66. The number of carbonyl (C=O) groups is 1. The lowest BCUT2D eigenvalue weighted by Crippen LogP contribution is -2.45. The number of phenolic OH excluding ortho intramolecular Hbond substituents is 2. The summed E-state index contributed by atoms with van der Waals surface area (Å²) in [5.41, 5.74) is 0.731. The van der Waals surface area contributed by atoms with Crippen LogP contribution in [0.15, 0.2) is 48.2 Å². The second kappa shape index (κ2) is 12.1. The van der Waals surface area contributed by atoms with Crippen LogP contribution in [-0.2, 0) is 31.9 Å². The van der Waals surface area contributed by atoms with Gasteiger partial charge in [-0.05, 0) is 72.8 Å². The number of hydrogen-bond donors (Lipinski definition) is 2. The number of carboxylic acid groups (broad SMARTS) is 1. The van der Waals surface area contributed by atoms with Crippen molar-refractivity contribution < 1.29 is 20.1 Å². The maximum atomic E-state index is 13.0. The lowest BCUT2D eigenvalue weighted by molar-refractivity contribution is -0.311. The van der Waals surface area contributed by atoms with Crippen molar-refractivity contribution in [1.29, 1.82) is 0 Å². The number of benzene rings is 2. The maximum absolute atomic E-state index is 13.0. The van der Waals surface area contributed by atoms with Gasteiger partial charge < -0.3 is 20.1 Å². The summed E-state index contributed by atoms with van der Waals surface area (Å²) < 4.78 is 0. The first-order valence-electron chi connectivity index (χ1n) is 13.7. The molecule has 0 saturated carbocycles. The van der Waals surface area contributed by atoms with Crippen molar-refractivity contribution in [3.05, 3.63) is 81.6 Å². The van der Waals surface area contributed by atoms with E-state index in [2.05, 4.69) is 13.2 Å². The van der Waals surface area contributed by atoms with E-state index in [1.165, 1.54) is 11.8 Å². The predicted molar refractivity (Wildman–Crippen MR) is 170 cm³/mol. The molecule has 2 rings (SSSR count). The highest BCUT2D eigenvalue weighted by Crippen LogP contribution is 2.47. The van der Waals surface area contributed by atoms with Gasteiger partial charge in [-0.2, -0.15) is 0 Å². The van der Waals surface area contributed by atoms with E-state index < -0.39 is 33.0 Å². The largest absolute Gasteiger partial charge is 0.549 e. The monoisotopic (exact) mass is 567 g/mol. The van der Waals surface area contributed by atoms with E-state index in [9.17, 15) is 20.1 Å². The van der Waals surface area contributed by atoms with E-state index in [1.54, 1.807) is 42.0 Å². The van der Waals surface area contributed by atoms with Crippen LogP contribution >= 0.6 is 11.8 Å². The Kier molecular flexibility index (Phi) is 10.7. The number of carbonyl (C=O) groups excluding carboxylic acids is 1. The van der Waals surface area contributed by atoms with Crippen LogP contribution in [0.3, 0.4) is 0 Å². The lowest BCUT2D eigenvalue weighted by atomic mass is 9.68. The summed E-state index contributed by atoms with van der Waals surface area (Å²) in [6, 6.07) is 7.23. The second-order valence-electron chi connectivity index (χ2n) is 14.7. The molecule has 222 valence electrons. The summed E-state index contributed by atoms with van der Waals surface area (Å²) in [5.74, 6) is -0.829. The van der Waals surface area contributed by atoms with Crippen LogP contribution in [0, 0.1) is 0 Å². The molecular weight excluding hydrogens is 516 g/mol. The number of aromatic hydroxyl groups is 2. The summed E-state index contributed by atoms with van der Waals surface area (Å²) in [6.45, 7) is 32.6. The molecule has 0 amide bonds. The summed E-state index contributed by atoms with van der Waals surface area (Å²) in [6.07, 6.45) is 0. The molecule has 2 aromatic carbocycles. The van der Waals surface area contributed by atoms with Crippen molar-refractivity contribution in [2.24, 2.45) is 0 Å². The third-order valence-corrected chi connectivity index (χ3v) is 7.59. The molecule has 0 aliphatic rings. The van der Waals surface area contributed by atoms with E-state index in [-0.39, 0.29) is 11.5 Å². The number of phenols is 2. The van der Waals surface area contributed by atoms with Gasteiger partial charge in [0, 0.05) is 0 Å². The number of aliphatic carboxylic acids is 1. The summed E-state index contributed by atoms with van der Waals surface area (Å²) in [4.78, 5) is 13.0. The Morgan fingerprint density at radius 3 is 0.975 bits per heavy atom. The molecule has 0 saturated heterocycles. The van der Waals surface area contributed by atoms with Crippen molar-refractivity contribution in [2.45, 2.75) is 117 Å². The van der Waals surface area contributed by atoms with Gasteiger partial charge in [-0.1, -0.05) is 121 Å². The normalized spacial score (nSPS) is 12.8. The molecule has 0 spiro atoms. The van der Waals surface area contributed by atoms with Crippen molar-refractivity contribution in [3.63, 3.8) is 0 Å². The van der Waals surface area contributed by atoms with Crippen LogP contribution in [0.4, 0.5) is 0 Å². The number of carboxylic acids is 1. The molecule has 5 heteroatoms. The predicted octanol–water partition coefficient (Wildman–Crippen LogP) is 8.35. The number of rotatable bonds is 5. The molecule has 40 heavy (non-hydrogen) atoms. The minimum absolute atomic E-state index is 0.200. The zero-order valence-electron chi connectivity index (χ0n) is 27.0. The maximum Gasteiger partial charge on any atom is 0.123 e. The Labute approximate surface area is 247 Å². The SMILES string of the molecule is C=CSC=C.CC(C)(C)c1cc(C(C)(C(=O)[O-])c2cc(C(C)(C)C)c(O)c(C(C)(C)C)c2)cc(C(C)(C)C)c1O. The minimum atomic E-state index is -1.51. The van der Waals surface area contributed by atoms with Gasteiger partial charge in [-0.15, -0.1) is 11.8 Å². The Morgan fingerprint density at radius 2 is 0.850 bits per heavy atom. The average Bonchev–Trinajstić information content (AvgIpc) is 2.76. The first-order chi connectivity index (χ1) is 17.8. The fourth-order valence-electron chi connectivity index (χ4n) is 4.60. The van der Waals surface area contributed by atoms with Crippen LogP contribution in [0.25, 0.3) is 0 Å². The van der Waals surface area contributed by atoms with Crippen LogP contribution in [0.1, 0.15) is 123 Å². The number of thioether (sulfide) groups is 1. The molecule has 2 aromatic rings. The lowest BCUT2D eigenvalue weighted by Gasteiger charge is -2.38. The number of hydrogen-bond acceptors (Lipinski definition) is 5. The zero-order chi connectivity index (χ0) is 31.6. The molecular formula is C35H51O4S-. The van der Waals surface area contributed by atoms with E-state index in [1.807, 2.05) is 83.1 Å². The van der Waals surface area contributed by atoms with Crippen molar-refractivity contribution in [3.8, 4) is 11.5 Å². The molecule has 0 fully saturated rings. The van der Waals surface area contributed by atoms with Crippen LogP contribution in [0.5, 0.6) is 11.5 Å². The third-order valence-electron chi connectivity index (χ3n) is 7.21. The van der Waals surface area contributed by atoms with Gasteiger partial charge in [0.05, 0.1) is 11.4 Å². The average molecular weight is 568 g/mol. The quantitative estimate of drug-likeness (QED) is 0.379. The fraction of sp³-hybridized carbons (Fsp3) is 0.514. The summed E-state index contributed by atoms with van der Waals surface area (Å²) >= 11 is 1.49. The molecule has 0 unspecified atom stereocenters. The fourth-order valence-corrected chi connectivity index (χ4v) is 4.74. The van der Waals surface area contributed by atoms with Gasteiger partial charge in [0.15, 0.2) is 0 Å². The van der Waals surface area contributed by atoms with Gasteiger partial charge in [0.25, 0.3) is 0 Å². The highest BCUT2D eigenvalue weighted by Gasteiger charge is 2.38. The van der Waals surface area contributed by atoms with Gasteiger partial charge in [-0.3, -0.25) is 0 Å². The summed E-state index contributed by atoms with van der Waals surface area (Å²) in [5, 5.41) is 38.9. The van der Waals surface area contributed by atoms with Crippen molar-refractivity contribution in [2.75, 3.05) is 0 Å². The first kappa shape index (κ1) is 35.4. The molecule has 0 heterocycles. The van der Waals surface area contributed by atoms with Gasteiger partial charge >= 0.3 is 0 Å². The van der Waals surface area contributed by atoms with Gasteiger partial charge in [0.1, 0.15) is 11.5 Å².